The molecule has 7 rings (SSSR count). The number of carbonyl (C=O) groups is 2. The summed E-state index contributed by atoms with van der Waals surface area (Å²) >= 11 is 0. The summed E-state index contributed by atoms with van der Waals surface area (Å²) in [6, 6.07) is 9.28. The molecule has 0 aromatic heterocycles. The van der Waals surface area contributed by atoms with Crippen molar-refractivity contribution in [3.8, 4) is 5.75 Å². The number of carboxylic acid groups (broad SMARTS) is 1. The summed E-state index contributed by atoms with van der Waals surface area (Å²) < 4.78 is 104. The first kappa shape index (κ1) is 32.1. The second kappa shape index (κ2) is 11.4. The van der Waals surface area contributed by atoms with Gasteiger partial charge in [0, 0.05) is 10.8 Å². The van der Waals surface area contributed by atoms with Crippen LogP contribution in [-0.4, -0.2) is 41.4 Å². The highest BCUT2D eigenvalue weighted by Gasteiger charge is 2.63. The predicted octanol–water partition coefficient (Wildman–Crippen LogP) is 7.68. The van der Waals surface area contributed by atoms with Crippen LogP contribution in [0.2, 0.25) is 0 Å². The number of alkyl halides is 6. The maximum absolute atomic E-state index is 14.0. The van der Waals surface area contributed by atoms with Crippen molar-refractivity contribution in [2.24, 2.45) is 17.3 Å². The molecule has 0 aliphatic heterocycles. The lowest BCUT2D eigenvalue weighted by Gasteiger charge is -2.63. The van der Waals surface area contributed by atoms with Gasteiger partial charge in [-0.15, -0.1) is 0 Å². The second-order valence-electron chi connectivity index (χ2n) is 12.9. The molecule has 0 radical (unpaired) electrons. The summed E-state index contributed by atoms with van der Waals surface area (Å²) in [4.78, 5) is 26.6. The zero-order valence-corrected chi connectivity index (χ0v) is 24.3. The van der Waals surface area contributed by atoms with Crippen LogP contribution < -0.4 is 10.1 Å². The van der Waals surface area contributed by atoms with E-state index in [2.05, 4.69) is 5.32 Å². The third-order valence-electron chi connectivity index (χ3n) is 9.57. The number of fused-ring (bicyclic) bond motifs is 1. The Bertz CT molecular complexity index is 1640. The number of benzene rings is 3. The molecule has 0 heterocycles. The number of carbonyl (C=O) groups excluding carboxylic acids is 1. The van der Waals surface area contributed by atoms with E-state index in [1.807, 2.05) is 0 Å². The molecule has 1 amide bonds. The number of halogens is 7. The molecule has 2 N–H and O–H groups in total. The Balaban J connectivity index is 1.29. The highest BCUT2D eigenvalue weighted by atomic mass is 19.4. The molecule has 0 spiro atoms. The molecule has 3 aromatic rings. The zero-order valence-electron chi connectivity index (χ0n) is 24.3. The highest BCUT2D eigenvalue weighted by Crippen LogP contribution is 2.64. The van der Waals surface area contributed by atoms with Gasteiger partial charge in [0.15, 0.2) is 0 Å². The molecule has 4 fully saturated rings. The molecule has 3 unspecified atom stereocenters. The largest absolute Gasteiger partial charge is 0.487 e. The highest BCUT2D eigenvalue weighted by molar-refractivity contribution is 6.05. The number of hydrogen-bond acceptors (Lipinski definition) is 4. The van der Waals surface area contributed by atoms with Crippen LogP contribution in [0.15, 0.2) is 54.6 Å². The Morgan fingerprint density at radius 2 is 1.61 bits per heavy atom. The number of aliphatic carboxylic acids is 1. The predicted molar refractivity (Wildman–Crippen MR) is 150 cm³/mol. The van der Waals surface area contributed by atoms with Crippen molar-refractivity contribution in [3.05, 3.63) is 77.1 Å². The molecule has 3 aromatic carbocycles. The molecule has 13 heteroatoms. The van der Waals surface area contributed by atoms with E-state index in [4.69, 9.17) is 9.47 Å². The van der Waals surface area contributed by atoms with Crippen LogP contribution in [0, 0.1) is 23.1 Å². The van der Waals surface area contributed by atoms with Gasteiger partial charge in [0.1, 0.15) is 30.8 Å². The standard InChI is InChI=1S/C33H30F7NO5/c34-23-6-8-24-21(10-23)3-7-25(26(24)45-15-18-1-4-22(5-2-18)33(38,39)40)28(42)41-27(29(43)44)30-11-19-9-20(12-30)14-31(13-19,16-30)46-17-32(35,36)37/h1-8,10,19-20,27H,9,11-17H2,(H,41,42)(H,43,44). The van der Waals surface area contributed by atoms with Crippen molar-refractivity contribution in [2.45, 2.75) is 69.1 Å². The first-order valence-electron chi connectivity index (χ1n) is 14.8. The Labute approximate surface area is 258 Å². The Kier molecular flexibility index (Phi) is 7.97. The quantitative estimate of drug-likeness (QED) is 0.232. The minimum atomic E-state index is -4.55. The molecule has 4 aliphatic carbocycles. The van der Waals surface area contributed by atoms with Crippen LogP contribution >= 0.6 is 0 Å². The number of carboxylic acids is 1. The first-order chi connectivity index (χ1) is 21.5. The molecule has 4 saturated carbocycles. The molecule has 4 aliphatic rings. The minimum Gasteiger partial charge on any atom is -0.487 e. The molecular formula is C33H30F7NO5. The second-order valence-corrected chi connectivity index (χ2v) is 12.9. The van der Waals surface area contributed by atoms with E-state index in [-0.39, 0.29) is 36.2 Å². The molecule has 46 heavy (non-hydrogen) atoms. The van der Waals surface area contributed by atoms with Gasteiger partial charge < -0.3 is 19.9 Å². The van der Waals surface area contributed by atoms with Gasteiger partial charge in [0.2, 0.25) is 0 Å². The van der Waals surface area contributed by atoms with Crippen LogP contribution in [0.25, 0.3) is 10.8 Å². The third-order valence-corrected chi connectivity index (χ3v) is 9.57. The molecule has 4 bridgehead atoms. The molecule has 6 nitrogen and oxygen atoms in total. The average molecular weight is 654 g/mol. The van der Waals surface area contributed by atoms with Gasteiger partial charge in [0.05, 0.1) is 16.7 Å². The summed E-state index contributed by atoms with van der Waals surface area (Å²) in [6.45, 7) is -1.70. The normalized spacial score (nSPS) is 26.2. The lowest BCUT2D eigenvalue weighted by molar-refractivity contribution is -0.252. The van der Waals surface area contributed by atoms with Crippen molar-refractivity contribution < 1.29 is 54.9 Å². The summed E-state index contributed by atoms with van der Waals surface area (Å²) in [5.74, 6) is -2.86. The lowest BCUT2D eigenvalue weighted by Crippen LogP contribution is -2.65. The number of nitrogens with one attached hydrogen (secondary N) is 1. The maximum atomic E-state index is 14.0. The van der Waals surface area contributed by atoms with Crippen molar-refractivity contribution in [3.63, 3.8) is 0 Å². The number of ether oxygens (including phenoxy) is 2. The summed E-state index contributed by atoms with van der Waals surface area (Å²) in [7, 11) is 0. The lowest BCUT2D eigenvalue weighted by atomic mass is 9.46. The topological polar surface area (TPSA) is 84.9 Å². The van der Waals surface area contributed by atoms with Crippen molar-refractivity contribution in [2.75, 3.05) is 6.61 Å². The fourth-order valence-corrected chi connectivity index (χ4v) is 8.23. The fraction of sp³-hybridized carbons (Fsp3) is 0.455. The van der Waals surface area contributed by atoms with E-state index in [1.165, 1.54) is 36.4 Å². The van der Waals surface area contributed by atoms with Gasteiger partial charge in [-0.3, -0.25) is 4.79 Å². The van der Waals surface area contributed by atoms with Crippen molar-refractivity contribution in [1.29, 1.82) is 0 Å². The van der Waals surface area contributed by atoms with Gasteiger partial charge in [0.25, 0.3) is 5.91 Å². The fourth-order valence-electron chi connectivity index (χ4n) is 8.23. The average Bonchev–Trinajstić information content (AvgIpc) is 2.96. The Morgan fingerprint density at radius 3 is 2.22 bits per heavy atom. The van der Waals surface area contributed by atoms with E-state index in [1.54, 1.807) is 0 Å². The number of rotatable bonds is 9. The zero-order chi connectivity index (χ0) is 33.1. The van der Waals surface area contributed by atoms with Gasteiger partial charge in [-0.25, -0.2) is 9.18 Å². The van der Waals surface area contributed by atoms with Gasteiger partial charge >= 0.3 is 18.3 Å². The van der Waals surface area contributed by atoms with E-state index >= 15 is 0 Å². The molecule has 246 valence electrons. The van der Waals surface area contributed by atoms with E-state index in [0.717, 1.165) is 24.6 Å². The Hall–Kier alpha value is -3.87. The first-order valence-corrected chi connectivity index (χ1v) is 14.8. The summed E-state index contributed by atoms with van der Waals surface area (Å²) in [5.41, 5.74) is -2.78. The monoisotopic (exact) mass is 653 g/mol. The van der Waals surface area contributed by atoms with Gasteiger partial charge in [-0.2, -0.15) is 26.3 Å². The molecule has 3 atom stereocenters. The summed E-state index contributed by atoms with van der Waals surface area (Å²) in [5, 5.41) is 13.7. The number of amides is 1. The van der Waals surface area contributed by atoms with Crippen LogP contribution in [0.3, 0.4) is 0 Å². The number of hydrogen-bond donors (Lipinski definition) is 2. The van der Waals surface area contributed by atoms with Crippen LogP contribution in [-0.2, 0) is 22.3 Å². The van der Waals surface area contributed by atoms with E-state index in [9.17, 15) is 45.4 Å². The Morgan fingerprint density at radius 1 is 0.935 bits per heavy atom. The van der Waals surface area contributed by atoms with Crippen molar-refractivity contribution >= 4 is 22.6 Å². The van der Waals surface area contributed by atoms with Gasteiger partial charge in [-0.05, 0) is 97.7 Å². The smallest absolute Gasteiger partial charge is 0.416 e. The SMILES string of the molecule is O=C(NC(C(=O)O)C12CC3CC(CC(OCC(F)(F)F)(C3)C1)C2)c1ccc2cc(F)ccc2c1OCc1ccc(C(F)(F)F)cc1. The van der Waals surface area contributed by atoms with Crippen LogP contribution in [0.5, 0.6) is 5.75 Å². The van der Waals surface area contributed by atoms with E-state index in [0.29, 0.717) is 42.0 Å². The third kappa shape index (κ3) is 6.38. The molecule has 0 saturated heterocycles. The van der Waals surface area contributed by atoms with E-state index < -0.39 is 59.3 Å². The van der Waals surface area contributed by atoms with Crippen molar-refractivity contribution in [1.82, 2.24) is 5.32 Å². The van der Waals surface area contributed by atoms with Gasteiger partial charge in [-0.1, -0.05) is 18.2 Å². The van der Waals surface area contributed by atoms with Crippen LogP contribution in [0.1, 0.15) is 60.0 Å². The minimum absolute atomic E-state index is 0.0328. The maximum Gasteiger partial charge on any atom is 0.416 e. The van der Waals surface area contributed by atoms with Crippen LogP contribution in [0.4, 0.5) is 30.7 Å². The molecular weight excluding hydrogens is 623 g/mol. The summed E-state index contributed by atoms with van der Waals surface area (Å²) in [6.07, 6.45) is -6.68.